The summed E-state index contributed by atoms with van der Waals surface area (Å²) in [7, 11) is -2.03. The van der Waals surface area contributed by atoms with Crippen LogP contribution in [0.4, 0.5) is 11.4 Å². The molecule has 27 heavy (non-hydrogen) atoms. The molecule has 0 heterocycles. The van der Waals surface area contributed by atoms with Gasteiger partial charge in [-0.3, -0.25) is 9.10 Å². The van der Waals surface area contributed by atoms with Gasteiger partial charge in [-0.1, -0.05) is 29.3 Å². The van der Waals surface area contributed by atoms with Crippen LogP contribution in [0.5, 0.6) is 5.75 Å². The number of methoxy groups -OCH3 is 1. The minimum Gasteiger partial charge on any atom is -0.495 e. The lowest BCUT2D eigenvalue weighted by molar-refractivity contribution is -0.116. The average Bonchev–Trinajstić information content (AvgIpc) is 2.59. The monoisotopic (exact) mass is 410 g/mol. The van der Waals surface area contributed by atoms with Crippen LogP contribution >= 0.6 is 11.6 Å². The first kappa shape index (κ1) is 21.1. The molecular weight excluding hydrogens is 388 g/mol. The van der Waals surface area contributed by atoms with Gasteiger partial charge in [-0.05, 0) is 43.7 Å². The van der Waals surface area contributed by atoms with E-state index in [-0.39, 0.29) is 18.9 Å². The van der Waals surface area contributed by atoms with Crippen molar-refractivity contribution in [1.82, 2.24) is 0 Å². The number of aryl methyl sites for hydroxylation is 1. The summed E-state index contributed by atoms with van der Waals surface area (Å²) < 4.78 is 30.6. The zero-order valence-electron chi connectivity index (χ0n) is 15.5. The van der Waals surface area contributed by atoms with Crippen molar-refractivity contribution in [3.8, 4) is 5.75 Å². The fourth-order valence-electron chi connectivity index (χ4n) is 2.54. The van der Waals surface area contributed by atoms with Gasteiger partial charge in [0, 0.05) is 18.7 Å². The second kappa shape index (κ2) is 9.10. The first-order valence-corrected chi connectivity index (χ1v) is 10.6. The maximum atomic E-state index is 12.1. The van der Waals surface area contributed by atoms with Gasteiger partial charge in [0.2, 0.25) is 15.9 Å². The number of halogens is 1. The van der Waals surface area contributed by atoms with Crippen LogP contribution in [-0.4, -0.2) is 34.2 Å². The predicted molar refractivity (Wildman–Crippen MR) is 109 cm³/mol. The summed E-state index contributed by atoms with van der Waals surface area (Å²) in [6.07, 6.45) is 1.69. The summed E-state index contributed by atoms with van der Waals surface area (Å²) >= 11 is 6.10. The molecule has 0 aliphatic rings. The van der Waals surface area contributed by atoms with Crippen molar-refractivity contribution in [3.05, 3.63) is 53.1 Å². The maximum absolute atomic E-state index is 12.1. The van der Waals surface area contributed by atoms with E-state index in [9.17, 15) is 13.2 Å². The number of carbonyl (C=O) groups is 1. The number of carbonyl (C=O) groups excluding carboxylic acids is 1. The lowest BCUT2D eigenvalue weighted by Gasteiger charge is -2.23. The number of amides is 1. The molecule has 0 radical (unpaired) electrons. The highest BCUT2D eigenvalue weighted by Crippen LogP contribution is 2.30. The van der Waals surface area contributed by atoms with E-state index >= 15 is 0 Å². The molecular formula is C19H23ClN2O4S. The molecule has 8 heteroatoms. The summed E-state index contributed by atoms with van der Waals surface area (Å²) in [4.78, 5) is 12.1. The summed E-state index contributed by atoms with van der Waals surface area (Å²) in [6, 6.07) is 12.2. The molecule has 0 saturated heterocycles. The SMILES string of the molecule is COc1ccc(N(CCCC(=O)Nc2ccc(C)cc2)S(C)(=O)=O)cc1Cl. The van der Waals surface area contributed by atoms with Crippen LogP contribution in [-0.2, 0) is 14.8 Å². The Labute approximate surface area is 165 Å². The molecule has 1 N–H and O–H groups in total. The molecule has 0 aliphatic carbocycles. The van der Waals surface area contributed by atoms with Gasteiger partial charge in [-0.15, -0.1) is 0 Å². The highest BCUT2D eigenvalue weighted by Gasteiger charge is 2.19. The van der Waals surface area contributed by atoms with Crippen molar-refractivity contribution in [2.75, 3.05) is 29.5 Å². The molecule has 0 saturated carbocycles. The Morgan fingerprint density at radius 2 is 1.85 bits per heavy atom. The van der Waals surface area contributed by atoms with Crippen molar-refractivity contribution in [2.24, 2.45) is 0 Å². The zero-order valence-corrected chi connectivity index (χ0v) is 17.1. The van der Waals surface area contributed by atoms with E-state index in [0.717, 1.165) is 11.8 Å². The van der Waals surface area contributed by atoms with Crippen molar-refractivity contribution >= 4 is 38.9 Å². The third-order valence-corrected chi connectivity index (χ3v) is 5.41. The lowest BCUT2D eigenvalue weighted by atomic mass is 10.2. The Morgan fingerprint density at radius 3 is 2.41 bits per heavy atom. The third-order valence-electron chi connectivity index (χ3n) is 3.92. The molecule has 0 bridgehead atoms. The standard InChI is InChI=1S/C19H23ClN2O4S/c1-14-6-8-15(9-7-14)21-19(23)5-4-12-22(27(3,24)25)16-10-11-18(26-2)17(20)13-16/h6-11,13H,4-5,12H2,1-3H3,(H,21,23). The second-order valence-electron chi connectivity index (χ2n) is 6.17. The molecule has 6 nitrogen and oxygen atoms in total. The molecule has 0 aromatic heterocycles. The Bertz CT molecular complexity index is 898. The lowest BCUT2D eigenvalue weighted by Crippen LogP contribution is -2.31. The summed E-state index contributed by atoms with van der Waals surface area (Å²) in [5.41, 5.74) is 2.25. The van der Waals surface area contributed by atoms with Gasteiger partial charge < -0.3 is 10.1 Å². The number of nitrogens with zero attached hydrogens (tertiary/aromatic N) is 1. The molecule has 2 rings (SSSR count). The Kier molecular flexibility index (Phi) is 7.10. The van der Waals surface area contributed by atoms with Crippen molar-refractivity contribution in [1.29, 1.82) is 0 Å². The van der Waals surface area contributed by atoms with Gasteiger partial charge in [0.05, 0.1) is 24.1 Å². The number of nitrogens with one attached hydrogen (secondary N) is 1. The van der Waals surface area contributed by atoms with E-state index < -0.39 is 10.0 Å². The van der Waals surface area contributed by atoms with Crippen LogP contribution in [0.1, 0.15) is 18.4 Å². The molecule has 2 aromatic rings. The van der Waals surface area contributed by atoms with Crippen LogP contribution in [0.25, 0.3) is 0 Å². The fraction of sp³-hybridized carbons (Fsp3) is 0.316. The number of anilines is 2. The van der Waals surface area contributed by atoms with Crippen LogP contribution in [0.3, 0.4) is 0 Å². The van der Waals surface area contributed by atoms with Gasteiger partial charge in [-0.25, -0.2) is 8.42 Å². The Hall–Kier alpha value is -2.25. The maximum Gasteiger partial charge on any atom is 0.232 e. The molecule has 0 atom stereocenters. The van der Waals surface area contributed by atoms with Crippen LogP contribution in [0.2, 0.25) is 5.02 Å². The normalized spacial score (nSPS) is 11.1. The number of rotatable bonds is 8. The quantitative estimate of drug-likeness (QED) is 0.717. The van der Waals surface area contributed by atoms with Crippen LogP contribution in [0, 0.1) is 6.92 Å². The largest absolute Gasteiger partial charge is 0.495 e. The molecule has 0 spiro atoms. The van der Waals surface area contributed by atoms with Gasteiger partial charge in [0.25, 0.3) is 0 Å². The number of hydrogen-bond donors (Lipinski definition) is 1. The second-order valence-corrected chi connectivity index (χ2v) is 8.49. The summed E-state index contributed by atoms with van der Waals surface area (Å²) in [5.74, 6) is 0.298. The van der Waals surface area contributed by atoms with Gasteiger partial charge in [0.15, 0.2) is 0 Å². The smallest absolute Gasteiger partial charge is 0.232 e. The Morgan fingerprint density at radius 1 is 1.19 bits per heavy atom. The molecule has 146 valence electrons. The van der Waals surface area contributed by atoms with E-state index in [1.165, 1.54) is 17.5 Å². The fourth-order valence-corrected chi connectivity index (χ4v) is 3.75. The molecule has 0 unspecified atom stereocenters. The van der Waals surface area contributed by atoms with E-state index in [2.05, 4.69) is 5.32 Å². The summed E-state index contributed by atoms with van der Waals surface area (Å²) in [5, 5.41) is 3.12. The average molecular weight is 411 g/mol. The van der Waals surface area contributed by atoms with E-state index in [1.807, 2.05) is 31.2 Å². The van der Waals surface area contributed by atoms with E-state index in [0.29, 0.717) is 28.6 Å². The van der Waals surface area contributed by atoms with Crippen molar-refractivity contribution in [2.45, 2.75) is 19.8 Å². The van der Waals surface area contributed by atoms with Gasteiger partial charge in [0.1, 0.15) is 5.75 Å². The first-order chi connectivity index (χ1) is 12.7. The van der Waals surface area contributed by atoms with Crippen LogP contribution < -0.4 is 14.4 Å². The molecule has 2 aromatic carbocycles. The van der Waals surface area contributed by atoms with Gasteiger partial charge in [-0.2, -0.15) is 0 Å². The molecule has 0 aliphatic heterocycles. The minimum absolute atomic E-state index is 0.167. The summed E-state index contributed by atoms with van der Waals surface area (Å²) in [6.45, 7) is 2.14. The third kappa shape index (κ3) is 6.15. The van der Waals surface area contributed by atoms with Crippen LogP contribution in [0.15, 0.2) is 42.5 Å². The van der Waals surface area contributed by atoms with E-state index in [1.54, 1.807) is 12.1 Å². The number of ether oxygens (including phenoxy) is 1. The van der Waals surface area contributed by atoms with E-state index in [4.69, 9.17) is 16.3 Å². The topological polar surface area (TPSA) is 75.7 Å². The highest BCUT2D eigenvalue weighted by molar-refractivity contribution is 7.92. The molecule has 1 amide bonds. The zero-order chi connectivity index (χ0) is 20.0. The minimum atomic E-state index is -3.51. The number of sulfonamides is 1. The van der Waals surface area contributed by atoms with Crippen molar-refractivity contribution < 1.29 is 17.9 Å². The van der Waals surface area contributed by atoms with Gasteiger partial charge >= 0.3 is 0 Å². The van der Waals surface area contributed by atoms with Crippen molar-refractivity contribution in [3.63, 3.8) is 0 Å². The first-order valence-electron chi connectivity index (χ1n) is 8.38. The molecule has 0 fully saturated rings. The number of hydrogen-bond acceptors (Lipinski definition) is 4. The predicted octanol–water partition coefficient (Wildman–Crippen LogP) is 3.84. The Balaban J connectivity index is 2.00. The highest BCUT2D eigenvalue weighted by atomic mass is 35.5. The number of benzene rings is 2.